The first kappa shape index (κ1) is 25.3. The Labute approximate surface area is 216 Å². The van der Waals surface area contributed by atoms with Crippen molar-refractivity contribution in [3.63, 3.8) is 0 Å². The number of pyridine rings is 1. The molecule has 0 radical (unpaired) electrons. The minimum Gasteiger partial charge on any atom is -0.347 e. The summed E-state index contributed by atoms with van der Waals surface area (Å²) in [6.07, 6.45) is 1.47. The molecule has 0 bridgehead atoms. The number of carbonyl (C=O) groups excluding carboxylic acids is 2. The monoisotopic (exact) mass is 551 g/mol. The molecule has 1 aliphatic heterocycles. The Morgan fingerprint density at radius 3 is 2.42 bits per heavy atom. The number of hydrogen-bond donors (Lipinski definition) is 1. The highest BCUT2D eigenvalue weighted by Gasteiger charge is 2.56. The topological polar surface area (TPSA) is 96.4 Å². The first-order valence-electron chi connectivity index (χ1n) is 12.6. The molecule has 2 amide bonds. The van der Waals surface area contributed by atoms with Crippen LogP contribution in [0.3, 0.4) is 0 Å². The highest BCUT2D eigenvalue weighted by atomic mass is 32.2. The second-order valence-corrected chi connectivity index (χ2v) is 13.0. The molecule has 12 heteroatoms. The van der Waals surface area contributed by atoms with Gasteiger partial charge in [0, 0.05) is 18.4 Å². The Kier molecular flexibility index (Phi) is 5.82. The molecule has 4 atom stereocenters. The lowest BCUT2D eigenvalue weighted by atomic mass is 9.99. The Morgan fingerprint density at radius 2 is 1.79 bits per heavy atom. The summed E-state index contributed by atoms with van der Waals surface area (Å²) in [5, 5.41) is 2.41. The third-order valence-corrected chi connectivity index (χ3v) is 10.2. The van der Waals surface area contributed by atoms with Gasteiger partial charge in [-0.05, 0) is 74.1 Å². The van der Waals surface area contributed by atoms with Crippen LogP contribution in [0.1, 0.15) is 66.1 Å². The molecule has 1 aromatic heterocycles. The predicted octanol–water partition coefficient (Wildman–Crippen LogP) is 4.05. The zero-order valence-corrected chi connectivity index (χ0v) is 20.9. The fraction of sp³-hybridized carbons (Fsp3) is 0.500. The Balaban J connectivity index is 1.22. The smallest absolute Gasteiger partial charge is 0.347 e. The largest absolute Gasteiger partial charge is 0.419 e. The van der Waals surface area contributed by atoms with Crippen LogP contribution < -0.4 is 5.32 Å². The second kappa shape index (κ2) is 8.75. The maximum absolute atomic E-state index is 14.3. The Bertz CT molecular complexity index is 1420. The number of nitrogens with zero attached hydrogens (tertiary/aromatic N) is 2. The Hall–Kier alpha value is -3.02. The Morgan fingerprint density at radius 1 is 1.05 bits per heavy atom. The number of rotatable bonds is 7. The van der Waals surface area contributed by atoms with E-state index in [-0.39, 0.29) is 33.9 Å². The fourth-order valence-corrected chi connectivity index (χ4v) is 7.14. The van der Waals surface area contributed by atoms with Gasteiger partial charge in [0.05, 0.1) is 27.3 Å². The van der Waals surface area contributed by atoms with Crippen molar-refractivity contribution in [2.45, 2.75) is 73.0 Å². The molecule has 3 saturated carbocycles. The number of sulfone groups is 1. The maximum atomic E-state index is 14.3. The van der Waals surface area contributed by atoms with Gasteiger partial charge in [-0.15, -0.1) is 0 Å². The van der Waals surface area contributed by atoms with Crippen LogP contribution in [-0.4, -0.2) is 47.4 Å². The summed E-state index contributed by atoms with van der Waals surface area (Å²) in [5.41, 5.74) is -1.04. The first-order chi connectivity index (χ1) is 17.9. The number of fused-ring (bicyclic) bond motifs is 1. The summed E-state index contributed by atoms with van der Waals surface area (Å²) in [4.78, 5) is 32.3. The molecule has 4 fully saturated rings. The summed E-state index contributed by atoms with van der Waals surface area (Å²) in [5.74, 6) is -2.24. The average molecular weight is 552 g/mol. The van der Waals surface area contributed by atoms with Gasteiger partial charge >= 0.3 is 6.18 Å². The number of carbonyl (C=O) groups is 2. The molecule has 7 nitrogen and oxygen atoms in total. The molecule has 1 N–H and O–H groups in total. The molecule has 6 rings (SSSR count). The van der Waals surface area contributed by atoms with Gasteiger partial charge in [0.2, 0.25) is 5.91 Å². The lowest BCUT2D eigenvalue weighted by molar-refractivity contribution is -0.140. The highest BCUT2D eigenvalue weighted by molar-refractivity contribution is 7.92. The van der Waals surface area contributed by atoms with Gasteiger partial charge < -0.3 is 10.2 Å². The molecule has 1 unspecified atom stereocenters. The number of alkyl halides is 3. The van der Waals surface area contributed by atoms with Crippen LogP contribution >= 0.6 is 0 Å². The van der Waals surface area contributed by atoms with Crippen LogP contribution in [-0.2, 0) is 20.8 Å². The van der Waals surface area contributed by atoms with Crippen molar-refractivity contribution < 1.29 is 35.6 Å². The molecule has 38 heavy (non-hydrogen) atoms. The quantitative estimate of drug-likeness (QED) is 0.524. The molecule has 1 saturated heterocycles. The van der Waals surface area contributed by atoms with Crippen LogP contribution in [0.4, 0.5) is 17.6 Å². The minimum atomic E-state index is -4.82. The molecule has 0 spiro atoms. The predicted molar refractivity (Wildman–Crippen MR) is 126 cm³/mol. The third-order valence-electron chi connectivity index (χ3n) is 7.94. The summed E-state index contributed by atoms with van der Waals surface area (Å²) in [6.45, 7) is 0. The number of nitrogens with one attached hydrogen (secondary N) is 1. The SMILES string of the molecule is O=C(NC(c1ccc(C(F)(F)F)c(F)c1)C1CC1)[C@H]1C[C@H]2C[C@H]2N1C(=O)c1cncc(S(=O)(=O)C2CC2)c1. The van der Waals surface area contributed by atoms with E-state index in [2.05, 4.69) is 10.3 Å². The number of amides is 2. The second-order valence-electron chi connectivity index (χ2n) is 10.7. The lowest BCUT2D eigenvalue weighted by Crippen LogP contribution is -2.49. The normalized spacial score (nSPS) is 25.6. The van der Waals surface area contributed by atoms with Crippen LogP contribution in [0.5, 0.6) is 0 Å². The number of hydrogen-bond acceptors (Lipinski definition) is 5. The molecule has 2 heterocycles. The first-order valence-corrected chi connectivity index (χ1v) is 14.2. The van der Waals surface area contributed by atoms with Crippen molar-refractivity contribution in [1.82, 2.24) is 15.2 Å². The van der Waals surface area contributed by atoms with Crippen molar-refractivity contribution in [1.29, 1.82) is 0 Å². The van der Waals surface area contributed by atoms with Gasteiger partial charge in [-0.1, -0.05) is 6.07 Å². The lowest BCUT2D eigenvalue weighted by Gasteiger charge is -2.29. The van der Waals surface area contributed by atoms with Crippen molar-refractivity contribution in [2.24, 2.45) is 11.8 Å². The van der Waals surface area contributed by atoms with Crippen molar-refractivity contribution in [3.05, 3.63) is 59.2 Å². The van der Waals surface area contributed by atoms with E-state index in [1.54, 1.807) is 0 Å². The van der Waals surface area contributed by atoms with E-state index >= 15 is 0 Å². The van der Waals surface area contributed by atoms with Crippen LogP contribution in [0, 0.1) is 17.7 Å². The molecular weight excluding hydrogens is 526 g/mol. The van der Waals surface area contributed by atoms with Gasteiger partial charge in [-0.25, -0.2) is 12.8 Å². The minimum absolute atomic E-state index is 0.0171. The number of likely N-dealkylation sites (tertiary alicyclic amines) is 1. The molecule has 3 aliphatic carbocycles. The zero-order valence-electron chi connectivity index (χ0n) is 20.1. The van der Waals surface area contributed by atoms with E-state index in [1.165, 1.54) is 29.4 Å². The molecule has 202 valence electrons. The van der Waals surface area contributed by atoms with Gasteiger partial charge in [0.25, 0.3) is 5.91 Å². The highest BCUT2D eigenvalue weighted by Crippen LogP contribution is 2.49. The van der Waals surface area contributed by atoms with Gasteiger partial charge in [-0.3, -0.25) is 14.6 Å². The molecular formula is C26H25F4N3O4S. The van der Waals surface area contributed by atoms with Crippen molar-refractivity contribution in [2.75, 3.05) is 0 Å². The average Bonchev–Trinajstić information content (AvgIpc) is 3.72. The number of piperidine rings is 1. The summed E-state index contributed by atoms with van der Waals surface area (Å²) >= 11 is 0. The zero-order chi connectivity index (χ0) is 27.0. The van der Waals surface area contributed by atoms with Gasteiger partial charge in [0.1, 0.15) is 11.9 Å². The van der Waals surface area contributed by atoms with Crippen molar-refractivity contribution >= 4 is 21.7 Å². The van der Waals surface area contributed by atoms with E-state index in [0.717, 1.165) is 25.3 Å². The summed E-state index contributed by atoms with van der Waals surface area (Å²) in [6, 6.07) is 2.34. The van der Waals surface area contributed by atoms with Crippen LogP contribution in [0.2, 0.25) is 0 Å². The number of benzene rings is 1. The van der Waals surface area contributed by atoms with E-state index in [1.807, 2.05) is 0 Å². The third kappa shape index (κ3) is 4.56. The van der Waals surface area contributed by atoms with Crippen LogP contribution in [0.25, 0.3) is 0 Å². The van der Waals surface area contributed by atoms with E-state index in [9.17, 15) is 35.6 Å². The molecule has 2 aromatic rings. The molecule has 4 aliphatic rings. The van der Waals surface area contributed by atoms with E-state index in [4.69, 9.17) is 0 Å². The van der Waals surface area contributed by atoms with Crippen molar-refractivity contribution in [3.8, 4) is 0 Å². The number of aromatic nitrogens is 1. The van der Waals surface area contributed by atoms with Gasteiger partial charge in [-0.2, -0.15) is 13.2 Å². The molecule has 1 aromatic carbocycles. The van der Waals surface area contributed by atoms with Crippen LogP contribution in [0.15, 0.2) is 41.6 Å². The maximum Gasteiger partial charge on any atom is 0.419 e. The summed E-state index contributed by atoms with van der Waals surface area (Å²) < 4.78 is 78.6. The van der Waals surface area contributed by atoms with E-state index in [0.29, 0.717) is 25.3 Å². The van der Waals surface area contributed by atoms with Gasteiger partial charge in [0.15, 0.2) is 9.84 Å². The fourth-order valence-electron chi connectivity index (χ4n) is 5.50. The number of halogens is 4. The van der Waals surface area contributed by atoms with E-state index < -0.39 is 56.5 Å². The summed E-state index contributed by atoms with van der Waals surface area (Å²) in [7, 11) is -3.56. The standard InChI is InChI=1S/C26H25F4N3O4S/c27-20-8-14(3-6-19(20)26(28,29)30)23(13-1-2-13)32-24(34)22-10-15-9-21(15)33(22)25(35)16-7-18(12-31-11-16)38(36,37)17-4-5-17/h3,6-8,11-13,15,17,21-23H,1-2,4-5,9-10H2,(H,32,34)/t15-,21-,22-,23?/m1/s1.